The van der Waals surface area contributed by atoms with Crippen LogP contribution in [0.15, 0.2) is 0 Å². The number of alkyl halides is 3. The molecule has 2 unspecified atom stereocenters. The Bertz CT molecular complexity index is 221. The monoisotopic (exact) mass is 267 g/mol. The van der Waals surface area contributed by atoms with Crippen LogP contribution in [0.3, 0.4) is 0 Å². The SMILES string of the molecule is CCC1CCCC(NCCOCC(F)(F)F)CC1. The highest BCUT2D eigenvalue weighted by molar-refractivity contribution is 4.74. The summed E-state index contributed by atoms with van der Waals surface area (Å²) >= 11 is 0. The molecule has 2 atom stereocenters. The summed E-state index contributed by atoms with van der Waals surface area (Å²) in [6.45, 7) is 1.73. The maximum absolute atomic E-state index is 11.8. The van der Waals surface area contributed by atoms with Crippen LogP contribution in [-0.2, 0) is 4.74 Å². The molecule has 18 heavy (non-hydrogen) atoms. The standard InChI is InChI=1S/C13H24F3NO/c1-2-11-4-3-5-12(7-6-11)17-8-9-18-10-13(14,15)16/h11-12,17H,2-10H2,1H3. The van der Waals surface area contributed by atoms with Crippen LogP contribution >= 0.6 is 0 Å². The second-order valence-electron chi connectivity index (χ2n) is 5.10. The van der Waals surface area contributed by atoms with Gasteiger partial charge in [0, 0.05) is 12.6 Å². The van der Waals surface area contributed by atoms with Crippen molar-refractivity contribution >= 4 is 0 Å². The van der Waals surface area contributed by atoms with E-state index in [1.807, 2.05) is 0 Å². The molecule has 1 N–H and O–H groups in total. The van der Waals surface area contributed by atoms with E-state index in [4.69, 9.17) is 0 Å². The van der Waals surface area contributed by atoms with Gasteiger partial charge in [-0.2, -0.15) is 13.2 Å². The molecule has 1 aliphatic rings. The molecule has 1 rings (SSSR count). The van der Waals surface area contributed by atoms with Crippen molar-refractivity contribution in [1.29, 1.82) is 0 Å². The Hall–Kier alpha value is -0.290. The summed E-state index contributed by atoms with van der Waals surface area (Å²) in [4.78, 5) is 0. The molecule has 0 heterocycles. The normalized spacial score (nSPS) is 26.0. The molecule has 0 aromatic carbocycles. The molecule has 0 aromatic heterocycles. The minimum Gasteiger partial charge on any atom is -0.371 e. The van der Waals surface area contributed by atoms with E-state index < -0.39 is 12.8 Å². The quantitative estimate of drug-likeness (QED) is 0.587. The molecule has 0 aliphatic heterocycles. The zero-order valence-electron chi connectivity index (χ0n) is 11.1. The van der Waals surface area contributed by atoms with E-state index in [0.29, 0.717) is 12.6 Å². The molecule has 1 saturated carbocycles. The molecule has 2 nitrogen and oxygen atoms in total. The highest BCUT2D eigenvalue weighted by Gasteiger charge is 2.27. The van der Waals surface area contributed by atoms with E-state index in [1.165, 1.54) is 25.7 Å². The van der Waals surface area contributed by atoms with Crippen LogP contribution in [0.2, 0.25) is 0 Å². The summed E-state index contributed by atoms with van der Waals surface area (Å²) in [5, 5.41) is 3.30. The highest BCUT2D eigenvalue weighted by Crippen LogP contribution is 2.25. The number of nitrogens with one attached hydrogen (secondary N) is 1. The van der Waals surface area contributed by atoms with E-state index in [-0.39, 0.29) is 6.61 Å². The van der Waals surface area contributed by atoms with Crippen LogP contribution in [0.5, 0.6) is 0 Å². The number of rotatable bonds is 6. The van der Waals surface area contributed by atoms with Gasteiger partial charge in [0.2, 0.25) is 0 Å². The van der Waals surface area contributed by atoms with Crippen LogP contribution < -0.4 is 5.32 Å². The van der Waals surface area contributed by atoms with E-state index in [9.17, 15) is 13.2 Å². The maximum Gasteiger partial charge on any atom is 0.411 e. The van der Waals surface area contributed by atoms with Crippen molar-refractivity contribution in [3.8, 4) is 0 Å². The van der Waals surface area contributed by atoms with Gasteiger partial charge in [0.05, 0.1) is 6.61 Å². The second kappa shape index (κ2) is 8.00. The molecule has 0 amide bonds. The van der Waals surface area contributed by atoms with E-state index in [0.717, 1.165) is 18.8 Å². The summed E-state index contributed by atoms with van der Waals surface area (Å²) < 4.78 is 40.1. The van der Waals surface area contributed by atoms with Gasteiger partial charge in [-0.15, -0.1) is 0 Å². The molecule has 108 valence electrons. The van der Waals surface area contributed by atoms with Gasteiger partial charge in [-0.3, -0.25) is 0 Å². The molecular weight excluding hydrogens is 243 g/mol. The predicted octanol–water partition coefficient (Wildman–Crippen LogP) is 3.51. The molecular formula is C13H24F3NO. The third-order valence-electron chi connectivity index (χ3n) is 3.61. The van der Waals surface area contributed by atoms with Gasteiger partial charge >= 0.3 is 6.18 Å². The topological polar surface area (TPSA) is 21.3 Å². The molecule has 0 saturated heterocycles. The van der Waals surface area contributed by atoms with Gasteiger partial charge in [-0.05, 0) is 25.2 Å². The van der Waals surface area contributed by atoms with Crippen molar-refractivity contribution in [1.82, 2.24) is 5.32 Å². The first kappa shape index (κ1) is 15.8. The van der Waals surface area contributed by atoms with Crippen molar-refractivity contribution in [3.63, 3.8) is 0 Å². The zero-order valence-corrected chi connectivity index (χ0v) is 11.1. The lowest BCUT2D eigenvalue weighted by Crippen LogP contribution is -2.32. The van der Waals surface area contributed by atoms with Crippen LogP contribution in [0.25, 0.3) is 0 Å². The fourth-order valence-corrected chi connectivity index (χ4v) is 2.51. The van der Waals surface area contributed by atoms with Crippen LogP contribution in [-0.4, -0.2) is 32.0 Å². The maximum atomic E-state index is 11.8. The van der Waals surface area contributed by atoms with Gasteiger partial charge in [0.15, 0.2) is 0 Å². The Morgan fingerprint density at radius 1 is 1.17 bits per heavy atom. The fraction of sp³-hybridized carbons (Fsp3) is 1.00. The van der Waals surface area contributed by atoms with E-state index in [2.05, 4.69) is 17.0 Å². The molecule has 0 aromatic rings. The smallest absolute Gasteiger partial charge is 0.371 e. The Balaban J connectivity index is 2.05. The first-order chi connectivity index (χ1) is 8.51. The van der Waals surface area contributed by atoms with Crippen molar-refractivity contribution in [2.45, 2.75) is 57.7 Å². The van der Waals surface area contributed by atoms with Crippen molar-refractivity contribution < 1.29 is 17.9 Å². The fourth-order valence-electron chi connectivity index (χ4n) is 2.51. The number of halogens is 3. The average molecular weight is 267 g/mol. The van der Waals surface area contributed by atoms with Gasteiger partial charge in [0.1, 0.15) is 6.61 Å². The Labute approximate surface area is 107 Å². The van der Waals surface area contributed by atoms with E-state index in [1.54, 1.807) is 0 Å². The lowest BCUT2D eigenvalue weighted by Gasteiger charge is -2.16. The Morgan fingerprint density at radius 3 is 2.61 bits per heavy atom. The lowest BCUT2D eigenvalue weighted by atomic mass is 9.98. The first-order valence-corrected chi connectivity index (χ1v) is 6.89. The summed E-state index contributed by atoms with van der Waals surface area (Å²) in [5.41, 5.74) is 0. The molecule has 5 heteroatoms. The van der Waals surface area contributed by atoms with Crippen LogP contribution in [0, 0.1) is 5.92 Å². The van der Waals surface area contributed by atoms with Crippen LogP contribution in [0.1, 0.15) is 45.4 Å². The predicted molar refractivity (Wildman–Crippen MR) is 65.5 cm³/mol. The summed E-state index contributed by atoms with van der Waals surface area (Å²) in [7, 11) is 0. The highest BCUT2D eigenvalue weighted by atomic mass is 19.4. The number of hydrogen-bond acceptors (Lipinski definition) is 2. The minimum absolute atomic E-state index is 0.132. The first-order valence-electron chi connectivity index (χ1n) is 6.89. The average Bonchev–Trinajstić information content (AvgIpc) is 2.52. The van der Waals surface area contributed by atoms with Gasteiger partial charge in [-0.1, -0.05) is 26.2 Å². The molecule has 1 fully saturated rings. The molecule has 0 spiro atoms. The van der Waals surface area contributed by atoms with E-state index >= 15 is 0 Å². The lowest BCUT2D eigenvalue weighted by molar-refractivity contribution is -0.173. The number of ether oxygens (including phenoxy) is 1. The third kappa shape index (κ3) is 7.21. The Kier molecular flexibility index (Phi) is 7.00. The van der Waals surface area contributed by atoms with Crippen molar-refractivity contribution in [2.24, 2.45) is 5.92 Å². The zero-order chi connectivity index (χ0) is 13.4. The Morgan fingerprint density at radius 2 is 1.94 bits per heavy atom. The molecule has 0 bridgehead atoms. The van der Waals surface area contributed by atoms with Gasteiger partial charge in [0.25, 0.3) is 0 Å². The van der Waals surface area contributed by atoms with Crippen LogP contribution in [0.4, 0.5) is 13.2 Å². The summed E-state index contributed by atoms with van der Waals surface area (Å²) in [5.74, 6) is 0.832. The van der Waals surface area contributed by atoms with Gasteiger partial charge < -0.3 is 10.1 Å². The second-order valence-corrected chi connectivity index (χ2v) is 5.10. The van der Waals surface area contributed by atoms with Crippen molar-refractivity contribution in [3.05, 3.63) is 0 Å². The van der Waals surface area contributed by atoms with Gasteiger partial charge in [-0.25, -0.2) is 0 Å². The summed E-state index contributed by atoms with van der Waals surface area (Å²) in [6.07, 6.45) is 3.04. The molecule has 0 radical (unpaired) electrons. The number of hydrogen-bond donors (Lipinski definition) is 1. The largest absolute Gasteiger partial charge is 0.411 e. The minimum atomic E-state index is -4.21. The van der Waals surface area contributed by atoms with Crippen molar-refractivity contribution in [2.75, 3.05) is 19.8 Å². The summed E-state index contributed by atoms with van der Waals surface area (Å²) in [6, 6.07) is 0.455. The molecule has 1 aliphatic carbocycles. The third-order valence-corrected chi connectivity index (χ3v) is 3.61.